The Labute approximate surface area is 97.4 Å². The number of hydrogen-bond donors (Lipinski definition) is 0. The minimum absolute atomic E-state index is 0.492. The predicted molar refractivity (Wildman–Crippen MR) is 67.0 cm³/mol. The summed E-state index contributed by atoms with van der Waals surface area (Å²) in [5.74, 6) is 1.68. The third-order valence-electron chi connectivity index (χ3n) is 3.33. The predicted octanol–water partition coefficient (Wildman–Crippen LogP) is 3.39. The van der Waals surface area contributed by atoms with Crippen molar-refractivity contribution in [1.29, 1.82) is 0 Å². The lowest BCUT2D eigenvalue weighted by Gasteiger charge is -2.27. The molecule has 0 bridgehead atoms. The average molecular weight is 262 g/mol. The van der Waals surface area contributed by atoms with Crippen molar-refractivity contribution >= 4 is 15.9 Å². The van der Waals surface area contributed by atoms with Gasteiger partial charge in [-0.2, -0.15) is 0 Å². The quantitative estimate of drug-likeness (QED) is 0.705. The highest BCUT2D eigenvalue weighted by Gasteiger charge is 2.31. The second-order valence-corrected chi connectivity index (χ2v) is 6.52. The first kappa shape index (κ1) is 12.5. The van der Waals surface area contributed by atoms with Crippen LogP contribution in [0.4, 0.5) is 0 Å². The number of alkyl halides is 1. The first-order valence-corrected chi connectivity index (χ1v) is 6.84. The highest BCUT2D eigenvalue weighted by molar-refractivity contribution is 9.09. The summed E-state index contributed by atoms with van der Waals surface area (Å²) in [7, 11) is 0. The van der Waals surface area contributed by atoms with Crippen molar-refractivity contribution in [3.8, 4) is 0 Å². The molecule has 2 heteroatoms. The summed E-state index contributed by atoms with van der Waals surface area (Å²) in [6.45, 7) is 13.3. The Kier molecular flexibility index (Phi) is 4.45. The van der Waals surface area contributed by atoms with Crippen LogP contribution in [0.15, 0.2) is 0 Å². The van der Waals surface area contributed by atoms with E-state index in [4.69, 9.17) is 0 Å². The minimum Gasteiger partial charge on any atom is -0.303 e. The topological polar surface area (TPSA) is 3.24 Å². The van der Waals surface area contributed by atoms with Gasteiger partial charge in [0.15, 0.2) is 0 Å². The Hall–Kier alpha value is 0.440. The van der Waals surface area contributed by atoms with Crippen LogP contribution < -0.4 is 0 Å². The van der Waals surface area contributed by atoms with Gasteiger partial charge in [-0.15, -0.1) is 0 Å². The molecule has 84 valence electrons. The van der Waals surface area contributed by atoms with E-state index in [1.54, 1.807) is 0 Å². The summed E-state index contributed by atoms with van der Waals surface area (Å²) in [5.41, 5.74) is 0.492. The van der Waals surface area contributed by atoms with Gasteiger partial charge in [0, 0.05) is 18.4 Å². The lowest BCUT2D eigenvalue weighted by molar-refractivity contribution is 0.220. The molecule has 1 rings (SSSR count). The highest BCUT2D eigenvalue weighted by Crippen LogP contribution is 2.33. The van der Waals surface area contributed by atoms with Crippen molar-refractivity contribution in [1.82, 2.24) is 4.90 Å². The molecular formula is C12H24BrN. The molecule has 1 saturated heterocycles. The third kappa shape index (κ3) is 3.54. The van der Waals surface area contributed by atoms with Crippen LogP contribution in [0.2, 0.25) is 0 Å². The second-order valence-electron chi connectivity index (χ2n) is 5.87. The Morgan fingerprint density at radius 2 is 2.07 bits per heavy atom. The number of halogens is 1. The average Bonchev–Trinajstić information content (AvgIpc) is 2.51. The van der Waals surface area contributed by atoms with Gasteiger partial charge < -0.3 is 4.90 Å². The number of likely N-dealkylation sites (tertiary alicyclic amines) is 1. The molecule has 0 radical (unpaired) electrons. The fourth-order valence-electron chi connectivity index (χ4n) is 2.19. The first-order valence-electron chi connectivity index (χ1n) is 5.71. The van der Waals surface area contributed by atoms with Crippen LogP contribution in [-0.2, 0) is 0 Å². The Morgan fingerprint density at radius 1 is 1.43 bits per heavy atom. The smallest absolute Gasteiger partial charge is 0.00692 e. The molecule has 2 atom stereocenters. The van der Waals surface area contributed by atoms with Gasteiger partial charge in [-0.25, -0.2) is 0 Å². The number of hydrogen-bond acceptors (Lipinski definition) is 1. The van der Waals surface area contributed by atoms with Gasteiger partial charge in [0.1, 0.15) is 0 Å². The van der Waals surface area contributed by atoms with Crippen molar-refractivity contribution < 1.29 is 0 Å². The first-order chi connectivity index (χ1) is 6.43. The molecule has 2 unspecified atom stereocenters. The van der Waals surface area contributed by atoms with Crippen molar-refractivity contribution in [2.45, 2.75) is 34.1 Å². The van der Waals surface area contributed by atoms with Crippen LogP contribution in [0.5, 0.6) is 0 Å². The maximum atomic E-state index is 3.55. The molecule has 0 aromatic heterocycles. The van der Waals surface area contributed by atoms with Gasteiger partial charge in [0.2, 0.25) is 0 Å². The van der Waals surface area contributed by atoms with Crippen LogP contribution in [0, 0.1) is 17.3 Å². The fourth-order valence-corrected chi connectivity index (χ4v) is 2.40. The minimum atomic E-state index is 0.492. The monoisotopic (exact) mass is 261 g/mol. The lowest BCUT2D eigenvalue weighted by atomic mass is 9.80. The maximum absolute atomic E-state index is 3.55. The van der Waals surface area contributed by atoms with E-state index in [-0.39, 0.29) is 0 Å². The van der Waals surface area contributed by atoms with E-state index >= 15 is 0 Å². The van der Waals surface area contributed by atoms with Crippen LogP contribution in [0.1, 0.15) is 34.1 Å². The Balaban J connectivity index is 2.34. The zero-order valence-electron chi connectivity index (χ0n) is 10.0. The number of nitrogens with zero attached hydrogens (tertiary/aromatic N) is 1. The van der Waals surface area contributed by atoms with E-state index in [0.29, 0.717) is 5.41 Å². The molecule has 0 spiro atoms. The van der Waals surface area contributed by atoms with Crippen LogP contribution in [0.25, 0.3) is 0 Å². The second kappa shape index (κ2) is 4.98. The largest absolute Gasteiger partial charge is 0.303 e. The van der Waals surface area contributed by atoms with Crippen LogP contribution in [0.3, 0.4) is 0 Å². The van der Waals surface area contributed by atoms with Crippen molar-refractivity contribution in [2.75, 3.05) is 25.0 Å². The Morgan fingerprint density at radius 3 is 2.50 bits per heavy atom. The molecule has 0 saturated carbocycles. The normalized spacial score (nSPS) is 26.8. The van der Waals surface area contributed by atoms with E-state index < -0.39 is 0 Å². The molecule has 1 fully saturated rings. The van der Waals surface area contributed by atoms with Gasteiger partial charge in [-0.3, -0.25) is 0 Å². The molecule has 0 aromatic carbocycles. The van der Waals surface area contributed by atoms with E-state index in [2.05, 4.69) is 48.5 Å². The summed E-state index contributed by atoms with van der Waals surface area (Å²) in [4.78, 5) is 2.63. The molecule has 0 aliphatic carbocycles. The maximum Gasteiger partial charge on any atom is 0.00692 e. The van der Waals surface area contributed by atoms with E-state index in [1.165, 1.54) is 26.1 Å². The van der Waals surface area contributed by atoms with Gasteiger partial charge in [0.05, 0.1) is 0 Å². The molecular weight excluding hydrogens is 238 g/mol. The summed E-state index contributed by atoms with van der Waals surface area (Å²) >= 11 is 3.55. The third-order valence-corrected chi connectivity index (χ3v) is 4.44. The number of rotatable bonds is 3. The zero-order chi connectivity index (χ0) is 10.8. The highest BCUT2D eigenvalue weighted by atomic mass is 79.9. The molecule has 1 nitrogen and oxygen atoms in total. The molecule has 1 heterocycles. The summed E-state index contributed by atoms with van der Waals surface area (Å²) in [5, 5.41) is 1.13. The summed E-state index contributed by atoms with van der Waals surface area (Å²) in [6.07, 6.45) is 1.39. The fraction of sp³-hybridized carbons (Fsp3) is 1.00. The molecule has 14 heavy (non-hydrogen) atoms. The van der Waals surface area contributed by atoms with E-state index in [1.807, 2.05) is 0 Å². The van der Waals surface area contributed by atoms with Gasteiger partial charge in [0.25, 0.3) is 0 Å². The zero-order valence-corrected chi connectivity index (χ0v) is 11.6. The molecule has 0 amide bonds. The van der Waals surface area contributed by atoms with Crippen molar-refractivity contribution in [3.63, 3.8) is 0 Å². The van der Waals surface area contributed by atoms with Crippen LogP contribution in [-0.4, -0.2) is 29.9 Å². The van der Waals surface area contributed by atoms with Gasteiger partial charge in [-0.1, -0.05) is 43.6 Å². The van der Waals surface area contributed by atoms with Crippen molar-refractivity contribution in [3.05, 3.63) is 0 Å². The van der Waals surface area contributed by atoms with E-state index in [0.717, 1.165) is 17.2 Å². The van der Waals surface area contributed by atoms with Crippen molar-refractivity contribution in [2.24, 2.45) is 17.3 Å². The molecule has 1 aliphatic rings. The standard InChI is InChI=1S/C12H24BrN/c1-10(7-13)8-14-6-5-11(9-14)12(2,3)4/h10-11H,5-9H2,1-4H3. The molecule has 0 aromatic rings. The molecule has 1 aliphatic heterocycles. The Bertz CT molecular complexity index is 174. The SMILES string of the molecule is CC(CBr)CN1CCC(C(C)(C)C)C1. The van der Waals surface area contributed by atoms with E-state index in [9.17, 15) is 0 Å². The van der Waals surface area contributed by atoms with Crippen LogP contribution >= 0.6 is 15.9 Å². The lowest BCUT2D eigenvalue weighted by Crippen LogP contribution is -2.29. The summed E-state index contributed by atoms with van der Waals surface area (Å²) < 4.78 is 0. The molecule has 0 N–H and O–H groups in total. The van der Waals surface area contributed by atoms with Gasteiger partial charge >= 0.3 is 0 Å². The van der Waals surface area contributed by atoms with Gasteiger partial charge in [-0.05, 0) is 30.2 Å². The summed E-state index contributed by atoms with van der Waals surface area (Å²) in [6, 6.07) is 0.